The van der Waals surface area contributed by atoms with Gasteiger partial charge in [0.25, 0.3) is 5.91 Å². The van der Waals surface area contributed by atoms with Crippen molar-refractivity contribution >= 4 is 5.91 Å². The lowest BCUT2D eigenvalue weighted by molar-refractivity contribution is 0.0914. The third kappa shape index (κ3) is 4.63. The van der Waals surface area contributed by atoms with Crippen LogP contribution in [0.15, 0.2) is 77.6 Å². The number of aromatic nitrogens is 3. The Balaban J connectivity index is 1.33. The molecule has 7 heteroatoms. The molecule has 0 saturated heterocycles. The SMILES string of the molecule is CC(Cc1cc(C(=O)NCc2cnn(-c3ccc(F)cc3)c2)on1)c1ccccc1. The lowest BCUT2D eigenvalue weighted by atomic mass is 9.96. The fraction of sp³-hybridized carbons (Fsp3) is 0.174. The molecule has 6 nitrogen and oxygen atoms in total. The van der Waals surface area contributed by atoms with Gasteiger partial charge >= 0.3 is 0 Å². The monoisotopic (exact) mass is 404 g/mol. The van der Waals surface area contributed by atoms with E-state index in [1.807, 2.05) is 18.2 Å². The van der Waals surface area contributed by atoms with E-state index in [9.17, 15) is 9.18 Å². The molecule has 152 valence electrons. The first kappa shape index (κ1) is 19.6. The quantitative estimate of drug-likeness (QED) is 0.499. The molecule has 0 aliphatic heterocycles. The number of halogens is 1. The van der Waals surface area contributed by atoms with Crippen LogP contribution in [-0.2, 0) is 13.0 Å². The Morgan fingerprint density at radius 2 is 1.93 bits per heavy atom. The van der Waals surface area contributed by atoms with Crippen molar-refractivity contribution < 1.29 is 13.7 Å². The van der Waals surface area contributed by atoms with Gasteiger partial charge in [-0.15, -0.1) is 0 Å². The molecule has 0 aliphatic carbocycles. The van der Waals surface area contributed by atoms with Gasteiger partial charge in [0.05, 0.1) is 17.6 Å². The summed E-state index contributed by atoms with van der Waals surface area (Å²) in [6, 6.07) is 17.8. The second kappa shape index (κ2) is 8.73. The summed E-state index contributed by atoms with van der Waals surface area (Å²) in [5.74, 6) is -0.195. The van der Waals surface area contributed by atoms with Crippen LogP contribution in [0.25, 0.3) is 5.69 Å². The maximum atomic E-state index is 13.0. The molecular weight excluding hydrogens is 383 g/mol. The van der Waals surface area contributed by atoms with E-state index in [0.717, 1.165) is 16.9 Å². The van der Waals surface area contributed by atoms with Crippen molar-refractivity contribution in [1.29, 1.82) is 0 Å². The van der Waals surface area contributed by atoms with E-state index in [2.05, 4.69) is 34.6 Å². The van der Waals surface area contributed by atoms with Gasteiger partial charge < -0.3 is 9.84 Å². The van der Waals surface area contributed by atoms with Crippen LogP contribution in [0.2, 0.25) is 0 Å². The summed E-state index contributed by atoms with van der Waals surface area (Å²) in [6.45, 7) is 2.40. The highest BCUT2D eigenvalue weighted by atomic mass is 19.1. The Morgan fingerprint density at radius 3 is 2.70 bits per heavy atom. The molecule has 0 saturated carbocycles. The molecule has 4 aromatic rings. The van der Waals surface area contributed by atoms with Gasteiger partial charge in [0.1, 0.15) is 5.82 Å². The molecule has 0 aliphatic rings. The van der Waals surface area contributed by atoms with E-state index in [1.54, 1.807) is 35.3 Å². The van der Waals surface area contributed by atoms with E-state index >= 15 is 0 Å². The van der Waals surface area contributed by atoms with Gasteiger partial charge in [-0.2, -0.15) is 5.10 Å². The van der Waals surface area contributed by atoms with Crippen molar-refractivity contribution in [2.24, 2.45) is 0 Å². The van der Waals surface area contributed by atoms with Crippen LogP contribution >= 0.6 is 0 Å². The molecule has 0 spiro atoms. The second-order valence-corrected chi connectivity index (χ2v) is 7.15. The summed E-state index contributed by atoms with van der Waals surface area (Å²) in [6.07, 6.45) is 4.11. The van der Waals surface area contributed by atoms with Crippen molar-refractivity contribution in [1.82, 2.24) is 20.3 Å². The molecule has 4 rings (SSSR count). The van der Waals surface area contributed by atoms with E-state index in [0.29, 0.717) is 6.42 Å². The predicted octanol–water partition coefficient (Wildman–Crippen LogP) is 4.28. The standard InChI is InChI=1S/C23H21FN4O2/c1-16(18-5-3-2-4-6-18)11-20-12-22(30-27-20)23(29)25-13-17-14-26-28(15-17)21-9-7-19(24)8-10-21/h2-10,12,14-16H,11,13H2,1H3,(H,25,29). The molecular formula is C23H21FN4O2. The van der Waals surface area contributed by atoms with Crippen LogP contribution in [0.4, 0.5) is 4.39 Å². The number of amides is 1. The number of carbonyl (C=O) groups is 1. The Hall–Kier alpha value is -3.74. The fourth-order valence-corrected chi connectivity index (χ4v) is 3.18. The third-order valence-electron chi connectivity index (χ3n) is 4.85. The summed E-state index contributed by atoms with van der Waals surface area (Å²) in [5.41, 5.74) is 3.50. The largest absolute Gasteiger partial charge is 0.351 e. The van der Waals surface area contributed by atoms with Crippen LogP contribution in [0, 0.1) is 5.82 Å². The van der Waals surface area contributed by atoms with Gasteiger partial charge in [-0.05, 0) is 42.2 Å². The third-order valence-corrected chi connectivity index (χ3v) is 4.85. The minimum Gasteiger partial charge on any atom is -0.351 e. The maximum Gasteiger partial charge on any atom is 0.290 e. The molecule has 0 fully saturated rings. The Morgan fingerprint density at radius 1 is 1.17 bits per heavy atom. The molecule has 2 heterocycles. The average molecular weight is 404 g/mol. The number of benzene rings is 2. The highest BCUT2D eigenvalue weighted by Gasteiger charge is 2.15. The lowest BCUT2D eigenvalue weighted by Gasteiger charge is -2.08. The van der Waals surface area contributed by atoms with Crippen molar-refractivity contribution in [3.63, 3.8) is 0 Å². The number of hydrogen-bond acceptors (Lipinski definition) is 4. The van der Waals surface area contributed by atoms with Gasteiger partial charge in [-0.25, -0.2) is 9.07 Å². The highest BCUT2D eigenvalue weighted by Crippen LogP contribution is 2.20. The van der Waals surface area contributed by atoms with Crippen LogP contribution in [0.3, 0.4) is 0 Å². The van der Waals surface area contributed by atoms with E-state index in [4.69, 9.17) is 4.52 Å². The molecule has 1 unspecified atom stereocenters. The van der Waals surface area contributed by atoms with Crippen LogP contribution in [-0.4, -0.2) is 20.8 Å². The first-order chi connectivity index (χ1) is 14.6. The summed E-state index contributed by atoms with van der Waals surface area (Å²) in [4.78, 5) is 12.4. The van der Waals surface area contributed by atoms with E-state index in [-0.39, 0.29) is 29.9 Å². The first-order valence-corrected chi connectivity index (χ1v) is 9.67. The molecule has 1 amide bonds. The molecule has 0 radical (unpaired) electrons. The number of nitrogens with one attached hydrogen (secondary N) is 1. The second-order valence-electron chi connectivity index (χ2n) is 7.15. The Kier molecular flexibility index (Phi) is 5.70. The first-order valence-electron chi connectivity index (χ1n) is 9.67. The Labute approximate surface area is 173 Å². The van der Waals surface area contributed by atoms with Gasteiger partial charge in [-0.3, -0.25) is 4.79 Å². The summed E-state index contributed by atoms with van der Waals surface area (Å²) < 4.78 is 19.9. The number of hydrogen-bond donors (Lipinski definition) is 1. The number of carbonyl (C=O) groups excluding carboxylic acids is 1. The molecule has 30 heavy (non-hydrogen) atoms. The summed E-state index contributed by atoms with van der Waals surface area (Å²) in [5, 5.41) is 11.1. The van der Waals surface area contributed by atoms with Crippen molar-refractivity contribution in [3.8, 4) is 5.69 Å². The molecule has 2 aromatic carbocycles. The van der Waals surface area contributed by atoms with Crippen LogP contribution in [0.5, 0.6) is 0 Å². The van der Waals surface area contributed by atoms with Gasteiger partial charge in [0.2, 0.25) is 5.76 Å². The zero-order valence-corrected chi connectivity index (χ0v) is 16.5. The molecule has 2 aromatic heterocycles. The zero-order chi connectivity index (χ0) is 20.9. The number of nitrogens with zero attached hydrogens (tertiary/aromatic N) is 3. The number of rotatable bonds is 7. The molecule has 1 N–H and O–H groups in total. The van der Waals surface area contributed by atoms with Gasteiger partial charge in [0, 0.05) is 24.4 Å². The summed E-state index contributed by atoms with van der Waals surface area (Å²) >= 11 is 0. The Bertz CT molecular complexity index is 1120. The van der Waals surface area contributed by atoms with Crippen molar-refractivity contribution in [2.75, 3.05) is 0 Å². The van der Waals surface area contributed by atoms with E-state index in [1.165, 1.54) is 17.7 Å². The smallest absolute Gasteiger partial charge is 0.290 e. The van der Waals surface area contributed by atoms with Gasteiger partial charge in [-0.1, -0.05) is 42.4 Å². The van der Waals surface area contributed by atoms with Crippen molar-refractivity contribution in [2.45, 2.75) is 25.8 Å². The minimum absolute atomic E-state index is 0.177. The van der Waals surface area contributed by atoms with E-state index < -0.39 is 0 Å². The molecule has 1 atom stereocenters. The zero-order valence-electron chi connectivity index (χ0n) is 16.5. The lowest BCUT2D eigenvalue weighted by Crippen LogP contribution is -2.22. The summed E-state index contributed by atoms with van der Waals surface area (Å²) in [7, 11) is 0. The fourth-order valence-electron chi connectivity index (χ4n) is 3.18. The predicted molar refractivity (Wildman–Crippen MR) is 110 cm³/mol. The van der Waals surface area contributed by atoms with Crippen molar-refractivity contribution in [3.05, 3.63) is 101 Å². The van der Waals surface area contributed by atoms with Crippen LogP contribution < -0.4 is 5.32 Å². The minimum atomic E-state index is -0.337. The molecule has 0 bridgehead atoms. The normalized spacial score (nSPS) is 11.9. The topological polar surface area (TPSA) is 73.0 Å². The average Bonchev–Trinajstić information content (AvgIpc) is 3.43. The maximum absolute atomic E-state index is 13.0. The van der Waals surface area contributed by atoms with Crippen LogP contribution in [0.1, 0.15) is 40.2 Å². The van der Waals surface area contributed by atoms with Gasteiger partial charge in [0.15, 0.2) is 0 Å². The highest BCUT2D eigenvalue weighted by molar-refractivity contribution is 5.91.